The minimum absolute atomic E-state index is 0.171. The predicted octanol–water partition coefficient (Wildman–Crippen LogP) is 5.51. The molecule has 136 valence electrons. The molecule has 0 spiro atoms. The second-order valence-electron chi connectivity index (χ2n) is 6.99. The summed E-state index contributed by atoms with van der Waals surface area (Å²) in [5.41, 5.74) is 5.14. The van der Waals surface area contributed by atoms with E-state index in [0.29, 0.717) is 6.42 Å². The summed E-state index contributed by atoms with van der Waals surface area (Å²) in [6, 6.07) is 24.5. The van der Waals surface area contributed by atoms with Gasteiger partial charge in [0.25, 0.3) is 0 Å². The van der Waals surface area contributed by atoms with Gasteiger partial charge in [0.05, 0.1) is 18.5 Å². The lowest BCUT2D eigenvalue weighted by molar-refractivity contribution is 0.730. The Bertz CT molecular complexity index is 975. The molecule has 0 radical (unpaired) electrons. The highest BCUT2D eigenvalue weighted by Crippen LogP contribution is 2.47. The standard InChI is InChI=1S/C24H25N3/c1-3-26(4-2)20-14-12-19(13-15-20)24-21-10-5-8-18-9-6-11-22(23(18)21)27(24)17-7-16-25/h5-6,8-15,24H,3-4,7,17H2,1-2H3. The molecule has 3 nitrogen and oxygen atoms in total. The lowest BCUT2D eigenvalue weighted by Gasteiger charge is -2.29. The normalized spacial score (nSPS) is 15.1. The first-order chi connectivity index (χ1) is 13.3. The van der Waals surface area contributed by atoms with Crippen molar-refractivity contribution in [2.24, 2.45) is 0 Å². The van der Waals surface area contributed by atoms with E-state index in [0.717, 1.165) is 19.6 Å². The SMILES string of the molecule is CCN(CC)c1ccc(C2c3cccc4cccc(c34)N2CCC#N)cc1. The quantitative estimate of drug-likeness (QED) is 0.584. The van der Waals surface area contributed by atoms with Crippen LogP contribution in [-0.4, -0.2) is 19.6 Å². The summed E-state index contributed by atoms with van der Waals surface area (Å²) >= 11 is 0. The zero-order valence-corrected chi connectivity index (χ0v) is 16.0. The molecule has 27 heavy (non-hydrogen) atoms. The first kappa shape index (κ1) is 17.4. The Labute approximate surface area is 161 Å². The van der Waals surface area contributed by atoms with Crippen molar-refractivity contribution in [3.8, 4) is 6.07 Å². The van der Waals surface area contributed by atoms with E-state index in [9.17, 15) is 0 Å². The van der Waals surface area contributed by atoms with Gasteiger partial charge in [0.2, 0.25) is 0 Å². The largest absolute Gasteiger partial charge is 0.372 e. The lowest BCUT2D eigenvalue weighted by Crippen LogP contribution is -2.27. The van der Waals surface area contributed by atoms with Crippen molar-refractivity contribution in [3.05, 3.63) is 71.8 Å². The van der Waals surface area contributed by atoms with Crippen LogP contribution in [0.3, 0.4) is 0 Å². The average Bonchev–Trinajstić information content (AvgIpc) is 3.03. The van der Waals surface area contributed by atoms with Crippen molar-refractivity contribution in [2.75, 3.05) is 29.4 Å². The van der Waals surface area contributed by atoms with Crippen molar-refractivity contribution in [3.63, 3.8) is 0 Å². The van der Waals surface area contributed by atoms with E-state index in [1.54, 1.807) is 0 Å². The van der Waals surface area contributed by atoms with Gasteiger partial charge in [-0.25, -0.2) is 0 Å². The summed E-state index contributed by atoms with van der Waals surface area (Å²) in [7, 11) is 0. The Morgan fingerprint density at radius 1 is 0.963 bits per heavy atom. The summed E-state index contributed by atoms with van der Waals surface area (Å²) in [6.45, 7) is 7.15. The van der Waals surface area contributed by atoms with Crippen LogP contribution in [0.25, 0.3) is 10.8 Å². The van der Waals surface area contributed by atoms with Crippen LogP contribution in [0, 0.1) is 11.3 Å². The van der Waals surface area contributed by atoms with Crippen molar-refractivity contribution in [2.45, 2.75) is 26.3 Å². The molecule has 1 atom stereocenters. The van der Waals surface area contributed by atoms with E-state index >= 15 is 0 Å². The van der Waals surface area contributed by atoms with Gasteiger partial charge in [-0.2, -0.15) is 5.26 Å². The van der Waals surface area contributed by atoms with Crippen molar-refractivity contribution in [1.29, 1.82) is 5.26 Å². The topological polar surface area (TPSA) is 30.3 Å². The van der Waals surface area contributed by atoms with Crippen molar-refractivity contribution < 1.29 is 0 Å². The molecule has 0 amide bonds. The Morgan fingerprint density at radius 2 is 1.67 bits per heavy atom. The minimum Gasteiger partial charge on any atom is -0.372 e. The smallest absolute Gasteiger partial charge is 0.0803 e. The molecular weight excluding hydrogens is 330 g/mol. The maximum absolute atomic E-state index is 9.16. The van der Waals surface area contributed by atoms with E-state index in [1.165, 1.54) is 33.3 Å². The van der Waals surface area contributed by atoms with Gasteiger partial charge in [-0.1, -0.05) is 42.5 Å². The number of rotatable bonds is 6. The van der Waals surface area contributed by atoms with Gasteiger partial charge in [-0.15, -0.1) is 0 Å². The molecule has 1 heterocycles. The lowest BCUT2D eigenvalue weighted by atomic mass is 9.96. The van der Waals surface area contributed by atoms with E-state index in [1.807, 2.05) is 0 Å². The predicted molar refractivity (Wildman–Crippen MR) is 113 cm³/mol. The molecular formula is C24H25N3. The highest BCUT2D eigenvalue weighted by molar-refractivity contribution is 6.01. The Morgan fingerprint density at radius 3 is 2.33 bits per heavy atom. The van der Waals surface area contributed by atoms with Gasteiger partial charge >= 0.3 is 0 Å². The van der Waals surface area contributed by atoms with Gasteiger partial charge in [0.15, 0.2) is 0 Å². The van der Waals surface area contributed by atoms with Crippen LogP contribution < -0.4 is 9.80 Å². The zero-order valence-electron chi connectivity index (χ0n) is 16.0. The Hall–Kier alpha value is -2.99. The molecule has 3 heteroatoms. The van der Waals surface area contributed by atoms with Gasteiger partial charge < -0.3 is 9.80 Å². The first-order valence-electron chi connectivity index (χ1n) is 9.78. The monoisotopic (exact) mass is 355 g/mol. The van der Waals surface area contributed by atoms with Crippen LogP contribution in [0.5, 0.6) is 0 Å². The van der Waals surface area contributed by atoms with Crippen LogP contribution in [0.4, 0.5) is 11.4 Å². The van der Waals surface area contributed by atoms with Gasteiger partial charge in [0.1, 0.15) is 0 Å². The van der Waals surface area contributed by atoms with E-state index in [4.69, 9.17) is 5.26 Å². The van der Waals surface area contributed by atoms with Crippen LogP contribution in [-0.2, 0) is 0 Å². The molecule has 0 fully saturated rings. The molecule has 0 aliphatic carbocycles. The van der Waals surface area contributed by atoms with Gasteiger partial charge in [-0.05, 0) is 48.6 Å². The number of nitriles is 1. The Kier molecular flexibility index (Phi) is 4.73. The number of hydrogen-bond donors (Lipinski definition) is 0. The minimum atomic E-state index is 0.171. The molecule has 0 bridgehead atoms. The van der Waals surface area contributed by atoms with Crippen LogP contribution in [0.1, 0.15) is 37.4 Å². The van der Waals surface area contributed by atoms with Crippen LogP contribution in [0.2, 0.25) is 0 Å². The number of hydrogen-bond acceptors (Lipinski definition) is 3. The molecule has 3 aromatic carbocycles. The fraction of sp³-hybridized carbons (Fsp3) is 0.292. The highest BCUT2D eigenvalue weighted by Gasteiger charge is 2.32. The van der Waals surface area contributed by atoms with Gasteiger partial charge in [0, 0.05) is 36.4 Å². The van der Waals surface area contributed by atoms with Crippen LogP contribution in [0.15, 0.2) is 60.7 Å². The molecule has 1 aliphatic rings. The Balaban J connectivity index is 1.79. The summed E-state index contributed by atoms with van der Waals surface area (Å²) in [5.74, 6) is 0. The van der Waals surface area contributed by atoms with E-state index in [-0.39, 0.29) is 6.04 Å². The summed E-state index contributed by atoms with van der Waals surface area (Å²) in [5, 5.41) is 11.8. The highest BCUT2D eigenvalue weighted by atomic mass is 15.2. The van der Waals surface area contributed by atoms with Crippen molar-refractivity contribution >= 4 is 22.1 Å². The second-order valence-corrected chi connectivity index (χ2v) is 6.99. The molecule has 1 aliphatic heterocycles. The molecule has 1 unspecified atom stereocenters. The zero-order chi connectivity index (χ0) is 18.8. The summed E-state index contributed by atoms with van der Waals surface area (Å²) < 4.78 is 0. The molecule has 0 aromatic heterocycles. The number of benzene rings is 3. The molecule has 3 aromatic rings. The van der Waals surface area contributed by atoms with E-state index < -0.39 is 0 Å². The number of nitrogens with zero attached hydrogens (tertiary/aromatic N) is 3. The van der Waals surface area contributed by atoms with Crippen LogP contribution >= 0.6 is 0 Å². The third-order valence-electron chi connectivity index (χ3n) is 5.63. The maximum Gasteiger partial charge on any atom is 0.0803 e. The fourth-order valence-corrected chi connectivity index (χ4v) is 4.36. The second kappa shape index (κ2) is 7.32. The summed E-state index contributed by atoms with van der Waals surface area (Å²) in [6.07, 6.45) is 0.526. The molecule has 0 saturated heterocycles. The third kappa shape index (κ3) is 2.92. The average molecular weight is 355 g/mol. The molecule has 4 rings (SSSR count). The third-order valence-corrected chi connectivity index (χ3v) is 5.63. The van der Waals surface area contributed by atoms with E-state index in [2.05, 4.69) is 90.4 Å². The number of anilines is 2. The molecule has 0 saturated carbocycles. The molecule has 0 N–H and O–H groups in total. The first-order valence-corrected chi connectivity index (χ1v) is 9.78. The van der Waals surface area contributed by atoms with Crippen molar-refractivity contribution in [1.82, 2.24) is 0 Å². The maximum atomic E-state index is 9.16. The summed E-state index contributed by atoms with van der Waals surface area (Å²) in [4.78, 5) is 4.76. The van der Waals surface area contributed by atoms with Gasteiger partial charge in [-0.3, -0.25) is 0 Å². The fourth-order valence-electron chi connectivity index (χ4n) is 4.36.